The molecule has 0 amide bonds. The summed E-state index contributed by atoms with van der Waals surface area (Å²) in [5.41, 5.74) is 1.84. The molecule has 106 valence electrons. The molecule has 0 aliphatic carbocycles. The van der Waals surface area contributed by atoms with Crippen molar-refractivity contribution in [2.24, 2.45) is 0 Å². The zero-order chi connectivity index (χ0) is 14.7. The Morgan fingerprint density at radius 1 is 1.19 bits per heavy atom. The summed E-state index contributed by atoms with van der Waals surface area (Å²) in [7, 11) is 0. The quantitative estimate of drug-likeness (QED) is 0.670. The van der Waals surface area contributed by atoms with Gasteiger partial charge in [0.2, 0.25) is 12.3 Å². The van der Waals surface area contributed by atoms with E-state index >= 15 is 0 Å². The molecular formula is C15H10BrClN2O2. The van der Waals surface area contributed by atoms with Crippen LogP contribution in [0.1, 0.15) is 5.56 Å². The van der Waals surface area contributed by atoms with Gasteiger partial charge in [0, 0.05) is 20.6 Å². The Balaban J connectivity index is 1.75. The molecule has 6 heteroatoms. The van der Waals surface area contributed by atoms with E-state index in [0.29, 0.717) is 17.5 Å². The van der Waals surface area contributed by atoms with Crippen LogP contribution < -0.4 is 4.74 Å². The number of ether oxygens (including phenoxy) is 1. The zero-order valence-electron chi connectivity index (χ0n) is 10.8. The Morgan fingerprint density at radius 3 is 2.86 bits per heavy atom. The van der Waals surface area contributed by atoms with Gasteiger partial charge in [-0.3, -0.25) is 0 Å². The van der Waals surface area contributed by atoms with Crippen molar-refractivity contribution in [3.63, 3.8) is 0 Å². The van der Waals surface area contributed by atoms with E-state index in [-0.39, 0.29) is 0 Å². The van der Waals surface area contributed by atoms with Crippen LogP contribution in [0.3, 0.4) is 0 Å². The molecule has 4 nitrogen and oxygen atoms in total. The number of nitrogens with zero attached hydrogens (tertiary/aromatic N) is 2. The summed E-state index contributed by atoms with van der Waals surface area (Å²) >= 11 is 9.39. The molecule has 0 N–H and O–H groups in total. The van der Waals surface area contributed by atoms with Crippen LogP contribution in [0.4, 0.5) is 0 Å². The van der Waals surface area contributed by atoms with E-state index in [9.17, 15) is 0 Å². The third-order valence-corrected chi connectivity index (χ3v) is 3.82. The molecule has 0 fully saturated rings. The first-order valence-corrected chi connectivity index (χ1v) is 7.33. The molecule has 0 bridgehead atoms. The number of aromatic nitrogens is 2. The van der Waals surface area contributed by atoms with Crippen molar-refractivity contribution in [1.29, 1.82) is 0 Å². The van der Waals surface area contributed by atoms with Crippen LogP contribution >= 0.6 is 27.5 Å². The second kappa shape index (κ2) is 6.28. The summed E-state index contributed by atoms with van der Waals surface area (Å²) in [6.45, 7) is 0.436. The van der Waals surface area contributed by atoms with Gasteiger partial charge in [-0.25, -0.2) is 0 Å². The molecule has 1 heterocycles. The SMILES string of the molecule is Clc1ccc(COc2cccc(-c3nnco3)c2)c(Br)c1. The Bertz CT molecular complexity index is 747. The average molecular weight is 366 g/mol. The van der Waals surface area contributed by atoms with Gasteiger partial charge in [0.1, 0.15) is 12.4 Å². The van der Waals surface area contributed by atoms with Crippen LogP contribution in [0.5, 0.6) is 5.75 Å². The first kappa shape index (κ1) is 14.1. The Kier molecular flexibility index (Phi) is 4.22. The van der Waals surface area contributed by atoms with E-state index in [2.05, 4.69) is 26.1 Å². The van der Waals surface area contributed by atoms with E-state index in [1.54, 1.807) is 0 Å². The summed E-state index contributed by atoms with van der Waals surface area (Å²) in [6.07, 6.45) is 1.30. The fourth-order valence-electron chi connectivity index (χ4n) is 1.82. The molecule has 1 aromatic heterocycles. The van der Waals surface area contributed by atoms with E-state index in [1.807, 2.05) is 42.5 Å². The molecule has 0 aliphatic rings. The predicted octanol–water partition coefficient (Wildman–Crippen LogP) is 4.73. The number of halogens is 2. The van der Waals surface area contributed by atoms with Crippen molar-refractivity contribution in [2.45, 2.75) is 6.61 Å². The average Bonchev–Trinajstić information content (AvgIpc) is 3.01. The molecule has 0 spiro atoms. The Hall–Kier alpha value is -1.85. The molecule has 0 saturated heterocycles. The fraction of sp³-hybridized carbons (Fsp3) is 0.0667. The lowest BCUT2D eigenvalue weighted by Gasteiger charge is -2.09. The molecule has 3 rings (SSSR count). The summed E-state index contributed by atoms with van der Waals surface area (Å²) < 4.78 is 11.9. The lowest BCUT2D eigenvalue weighted by molar-refractivity contribution is 0.305. The summed E-state index contributed by atoms with van der Waals surface area (Å²) in [4.78, 5) is 0. The minimum absolute atomic E-state index is 0.436. The number of rotatable bonds is 4. The number of benzene rings is 2. The highest BCUT2D eigenvalue weighted by atomic mass is 79.9. The van der Waals surface area contributed by atoms with Gasteiger partial charge in [0.05, 0.1) is 0 Å². The smallest absolute Gasteiger partial charge is 0.247 e. The fourth-order valence-corrected chi connectivity index (χ4v) is 2.61. The Labute approximate surface area is 134 Å². The van der Waals surface area contributed by atoms with Gasteiger partial charge < -0.3 is 9.15 Å². The molecule has 0 aliphatic heterocycles. The van der Waals surface area contributed by atoms with Gasteiger partial charge in [-0.15, -0.1) is 10.2 Å². The molecule has 21 heavy (non-hydrogen) atoms. The van der Waals surface area contributed by atoms with Gasteiger partial charge in [0.25, 0.3) is 0 Å². The topological polar surface area (TPSA) is 48.2 Å². The van der Waals surface area contributed by atoms with Crippen LogP contribution in [0.25, 0.3) is 11.5 Å². The summed E-state index contributed by atoms with van der Waals surface area (Å²) in [5.74, 6) is 1.20. The first-order valence-electron chi connectivity index (χ1n) is 6.16. The van der Waals surface area contributed by atoms with Crippen LogP contribution in [0, 0.1) is 0 Å². The van der Waals surface area contributed by atoms with Crippen molar-refractivity contribution in [1.82, 2.24) is 10.2 Å². The van der Waals surface area contributed by atoms with Gasteiger partial charge in [-0.05, 0) is 30.3 Å². The molecule has 0 atom stereocenters. The highest BCUT2D eigenvalue weighted by molar-refractivity contribution is 9.10. The minimum Gasteiger partial charge on any atom is -0.489 e. The van der Waals surface area contributed by atoms with Crippen molar-refractivity contribution >= 4 is 27.5 Å². The molecular weight excluding hydrogens is 356 g/mol. The molecule has 2 aromatic carbocycles. The monoisotopic (exact) mass is 364 g/mol. The maximum Gasteiger partial charge on any atom is 0.247 e. The third-order valence-electron chi connectivity index (χ3n) is 2.85. The molecule has 0 saturated carbocycles. The van der Waals surface area contributed by atoms with Crippen molar-refractivity contribution in [3.8, 4) is 17.2 Å². The van der Waals surface area contributed by atoms with Gasteiger partial charge in [0.15, 0.2) is 0 Å². The second-order valence-electron chi connectivity index (χ2n) is 4.30. The maximum absolute atomic E-state index is 5.92. The number of hydrogen-bond acceptors (Lipinski definition) is 4. The first-order chi connectivity index (χ1) is 10.2. The molecule has 0 unspecified atom stereocenters. The molecule has 0 radical (unpaired) electrons. The van der Waals surface area contributed by atoms with Crippen molar-refractivity contribution in [2.75, 3.05) is 0 Å². The largest absolute Gasteiger partial charge is 0.489 e. The van der Waals surface area contributed by atoms with Crippen molar-refractivity contribution in [3.05, 3.63) is 63.9 Å². The van der Waals surface area contributed by atoms with E-state index < -0.39 is 0 Å². The van der Waals surface area contributed by atoms with E-state index in [0.717, 1.165) is 21.3 Å². The lowest BCUT2D eigenvalue weighted by Crippen LogP contribution is -1.96. The third kappa shape index (κ3) is 3.43. The van der Waals surface area contributed by atoms with Gasteiger partial charge >= 0.3 is 0 Å². The van der Waals surface area contributed by atoms with Crippen LogP contribution in [-0.4, -0.2) is 10.2 Å². The Morgan fingerprint density at radius 2 is 2.10 bits per heavy atom. The standard InChI is InChI=1S/C15H10BrClN2O2/c16-14-7-12(17)5-4-11(14)8-20-13-3-1-2-10(6-13)15-19-18-9-21-15/h1-7,9H,8H2. The van der Waals surface area contributed by atoms with E-state index in [1.165, 1.54) is 6.39 Å². The maximum atomic E-state index is 5.92. The van der Waals surface area contributed by atoms with Gasteiger partial charge in [-0.2, -0.15) is 0 Å². The highest BCUT2D eigenvalue weighted by Gasteiger charge is 2.06. The van der Waals surface area contributed by atoms with E-state index in [4.69, 9.17) is 20.8 Å². The van der Waals surface area contributed by atoms with Gasteiger partial charge in [-0.1, -0.05) is 39.7 Å². The summed E-state index contributed by atoms with van der Waals surface area (Å²) in [5, 5.41) is 8.23. The number of hydrogen-bond donors (Lipinski definition) is 0. The minimum atomic E-state index is 0.436. The van der Waals surface area contributed by atoms with Crippen LogP contribution in [0.15, 0.2) is 57.7 Å². The second-order valence-corrected chi connectivity index (χ2v) is 5.59. The summed E-state index contributed by atoms with van der Waals surface area (Å²) in [6, 6.07) is 13.1. The molecule has 3 aromatic rings. The van der Waals surface area contributed by atoms with Crippen LogP contribution in [-0.2, 0) is 6.61 Å². The normalized spacial score (nSPS) is 10.6. The predicted molar refractivity (Wildman–Crippen MR) is 83.2 cm³/mol. The van der Waals surface area contributed by atoms with Crippen molar-refractivity contribution < 1.29 is 9.15 Å². The highest BCUT2D eigenvalue weighted by Crippen LogP contribution is 2.25. The van der Waals surface area contributed by atoms with Crippen LogP contribution in [0.2, 0.25) is 5.02 Å². The lowest BCUT2D eigenvalue weighted by atomic mass is 10.2. The zero-order valence-corrected chi connectivity index (χ0v) is 13.1.